The minimum atomic E-state index is 0. The fourth-order valence-corrected chi connectivity index (χ4v) is 0.910. The molecule has 2 nitrogen and oxygen atoms in total. The summed E-state index contributed by atoms with van der Waals surface area (Å²) in [5, 5.41) is 0. The molecule has 0 atom stereocenters. The Kier molecular flexibility index (Phi) is 4.99. The second-order valence-electron chi connectivity index (χ2n) is 1.79. The van der Waals surface area contributed by atoms with E-state index >= 15 is 0 Å². The van der Waals surface area contributed by atoms with Crippen molar-refractivity contribution in [3.63, 3.8) is 0 Å². The van der Waals surface area contributed by atoms with Crippen LogP contribution >= 0.6 is 24.0 Å². The first kappa shape index (κ1) is 10.5. The zero-order valence-corrected chi connectivity index (χ0v) is 7.65. The lowest BCUT2D eigenvalue weighted by molar-refractivity contribution is 0.408. The zero-order chi connectivity index (χ0) is 7.40. The molecule has 0 bridgehead atoms. The normalized spacial score (nSPS) is 8.55. The van der Waals surface area contributed by atoms with Gasteiger partial charge in [-0.05, 0) is 12.1 Å². The largest absolute Gasteiger partial charge is 0.495 e. The smallest absolute Gasteiger partial charge is 0.141 e. The number of halogens is 2. The quantitative estimate of drug-likeness (QED) is 0.673. The first-order chi connectivity index (χ1) is 4.88. The maximum Gasteiger partial charge on any atom is 0.141 e. The molecule has 0 N–H and O–H groups in total. The van der Waals surface area contributed by atoms with Gasteiger partial charge in [-0.3, -0.25) is 4.98 Å². The van der Waals surface area contributed by atoms with Crippen LogP contribution < -0.4 is 4.74 Å². The second kappa shape index (κ2) is 5.22. The summed E-state index contributed by atoms with van der Waals surface area (Å²) >= 11 is 5.57. The van der Waals surface area contributed by atoms with Gasteiger partial charge in [-0.15, -0.1) is 24.0 Å². The third kappa shape index (κ3) is 2.56. The van der Waals surface area contributed by atoms with Crippen LogP contribution in [0.15, 0.2) is 18.3 Å². The van der Waals surface area contributed by atoms with Crippen molar-refractivity contribution in [2.75, 3.05) is 7.11 Å². The van der Waals surface area contributed by atoms with Crippen LogP contribution in [-0.2, 0) is 5.88 Å². The molecule has 62 valence electrons. The lowest BCUT2D eigenvalue weighted by atomic mass is 10.3. The van der Waals surface area contributed by atoms with E-state index in [0.717, 1.165) is 11.4 Å². The third-order valence-corrected chi connectivity index (χ3v) is 1.45. The van der Waals surface area contributed by atoms with E-state index in [1.165, 1.54) is 0 Å². The molecule has 1 rings (SSSR count). The molecule has 0 aliphatic heterocycles. The molecule has 1 aromatic rings. The number of pyridine rings is 1. The average Bonchev–Trinajstić information content (AvgIpc) is 2.04. The number of rotatable bonds is 2. The molecule has 0 spiro atoms. The van der Waals surface area contributed by atoms with Crippen molar-refractivity contribution < 1.29 is 4.74 Å². The van der Waals surface area contributed by atoms with Gasteiger partial charge in [0.25, 0.3) is 0 Å². The van der Waals surface area contributed by atoms with Gasteiger partial charge in [0.2, 0.25) is 0 Å². The molecule has 0 fully saturated rings. The van der Waals surface area contributed by atoms with Crippen molar-refractivity contribution in [2.24, 2.45) is 0 Å². The van der Waals surface area contributed by atoms with Gasteiger partial charge >= 0.3 is 0 Å². The Morgan fingerprint density at radius 3 is 2.82 bits per heavy atom. The number of hydrogen-bond donors (Lipinski definition) is 0. The molecule has 0 unspecified atom stereocenters. The summed E-state index contributed by atoms with van der Waals surface area (Å²) in [5.41, 5.74) is 0.784. The lowest BCUT2D eigenvalue weighted by Gasteiger charge is -2.01. The van der Waals surface area contributed by atoms with Gasteiger partial charge in [0.05, 0.1) is 18.7 Å². The van der Waals surface area contributed by atoms with E-state index in [4.69, 9.17) is 16.3 Å². The van der Waals surface area contributed by atoms with E-state index < -0.39 is 0 Å². The van der Waals surface area contributed by atoms with Crippen LogP contribution in [0, 0.1) is 0 Å². The molecule has 1 heterocycles. The van der Waals surface area contributed by atoms with Crippen molar-refractivity contribution in [3.8, 4) is 5.75 Å². The minimum Gasteiger partial charge on any atom is -0.495 e. The third-order valence-electron chi connectivity index (χ3n) is 1.19. The Hall–Kier alpha value is -0.470. The molecule has 0 aliphatic carbocycles. The summed E-state index contributed by atoms with van der Waals surface area (Å²) in [4.78, 5) is 4.01. The van der Waals surface area contributed by atoms with Gasteiger partial charge in [-0.25, -0.2) is 0 Å². The molecule has 0 saturated carbocycles. The first-order valence-corrected chi connectivity index (χ1v) is 3.45. The second-order valence-corrected chi connectivity index (χ2v) is 2.05. The van der Waals surface area contributed by atoms with E-state index in [0.29, 0.717) is 5.88 Å². The van der Waals surface area contributed by atoms with Gasteiger partial charge in [-0.1, -0.05) is 0 Å². The summed E-state index contributed by atoms with van der Waals surface area (Å²) in [5.74, 6) is 1.14. The summed E-state index contributed by atoms with van der Waals surface area (Å²) in [7, 11) is 1.60. The molecule has 0 amide bonds. The summed E-state index contributed by atoms with van der Waals surface area (Å²) in [6, 6.07) is 3.65. The molecular formula is C7H9Cl2NO. The van der Waals surface area contributed by atoms with Crippen LogP contribution in [-0.4, -0.2) is 12.1 Å². The lowest BCUT2D eigenvalue weighted by Crippen LogP contribution is -1.91. The fraction of sp³-hybridized carbons (Fsp3) is 0.286. The van der Waals surface area contributed by atoms with Gasteiger partial charge < -0.3 is 4.74 Å². The highest BCUT2D eigenvalue weighted by Gasteiger charge is 1.98. The minimum absolute atomic E-state index is 0. The maximum atomic E-state index is 5.57. The highest BCUT2D eigenvalue weighted by atomic mass is 35.5. The molecular weight excluding hydrogens is 185 g/mol. The summed E-state index contributed by atoms with van der Waals surface area (Å²) in [6.07, 6.45) is 1.69. The molecule has 0 aliphatic rings. The SMILES string of the molecule is COc1cccnc1CCl.Cl. The maximum absolute atomic E-state index is 5.57. The van der Waals surface area contributed by atoms with Crippen molar-refractivity contribution >= 4 is 24.0 Å². The number of nitrogens with zero attached hydrogens (tertiary/aromatic N) is 1. The molecule has 4 heteroatoms. The standard InChI is InChI=1S/C7H8ClNO.ClH/c1-10-7-3-2-4-9-6(7)5-8;/h2-4H,5H2,1H3;1H. The number of methoxy groups -OCH3 is 1. The van der Waals surface area contributed by atoms with Crippen LogP contribution in [0.25, 0.3) is 0 Å². The topological polar surface area (TPSA) is 22.1 Å². The van der Waals surface area contributed by atoms with Crippen molar-refractivity contribution in [1.29, 1.82) is 0 Å². The van der Waals surface area contributed by atoms with E-state index in [-0.39, 0.29) is 12.4 Å². The molecule has 0 radical (unpaired) electrons. The average molecular weight is 194 g/mol. The predicted octanol–water partition coefficient (Wildman–Crippen LogP) is 2.25. The van der Waals surface area contributed by atoms with E-state index in [9.17, 15) is 0 Å². The Morgan fingerprint density at radius 1 is 1.64 bits per heavy atom. The number of ether oxygens (including phenoxy) is 1. The van der Waals surface area contributed by atoms with Gasteiger partial charge in [0, 0.05) is 6.20 Å². The van der Waals surface area contributed by atoms with Crippen LogP contribution in [0.5, 0.6) is 5.75 Å². The van der Waals surface area contributed by atoms with Crippen LogP contribution in [0.1, 0.15) is 5.69 Å². The van der Waals surface area contributed by atoms with Crippen LogP contribution in [0.4, 0.5) is 0 Å². The highest BCUT2D eigenvalue weighted by Crippen LogP contribution is 2.15. The molecule has 1 aromatic heterocycles. The van der Waals surface area contributed by atoms with Crippen LogP contribution in [0.2, 0.25) is 0 Å². The summed E-state index contributed by atoms with van der Waals surface area (Å²) < 4.78 is 4.99. The van der Waals surface area contributed by atoms with E-state index in [1.807, 2.05) is 12.1 Å². The van der Waals surface area contributed by atoms with Gasteiger partial charge in [0.15, 0.2) is 0 Å². The van der Waals surface area contributed by atoms with Crippen molar-refractivity contribution in [3.05, 3.63) is 24.0 Å². The Bertz CT molecular complexity index is 194. The van der Waals surface area contributed by atoms with Crippen molar-refractivity contribution in [2.45, 2.75) is 5.88 Å². The van der Waals surface area contributed by atoms with Gasteiger partial charge in [0.1, 0.15) is 5.75 Å². The van der Waals surface area contributed by atoms with E-state index in [2.05, 4.69) is 4.98 Å². The van der Waals surface area contributed by atoms with E-state index in [1.54, 1.807) is 13.3 Å². The van der Waals surface area contributed by atoms with Crippen molar-refractivity contribution in [1.82, 2.24) is 4.98 Å². The monoisotopic (exact) mass is 193 g/mol. The zero-order valence-electron chi connectivity index (χ0n) is 6.08. The number of alkyl halides is 1. The van der Waals surface area contributed by atoms with Crippen LogP contribution in [0.3, 0.4) is 0 Å². The summed E-state index contributed by atoms with van der Waals surface area (Å²) in [6.45, 7) is 0. The highest BCUT2D eigenvalue weighted by molar-refractivity contribution is 6.17. The number of hydrogen-bond acceptors (Lipinski definition) is 2. The molecule has 0 aromatic carbocycles. The number of aromatic nitrogens is 1. The molecule has 0 saturated heterocycles. The Morgan fingerprint density at radius 2 is 2.36 bits per heavy atom. The fourth-order valence-electron chi connectivity index (χ4n) is 0.709. The Balaban J connectivity index is 0.000001000. The predicted molar refractivity (Wildman–Crippen MR) is 47.6 cm³/mol. The molecule has 11 heavy (non-hydrogen) atoms. The van der Waals surface area contributed by atoms with Gasteiger partial charge in [-0.2, -0.15) is 0 Å². The first-order valence-electron chi connectivity index (χ1n) is 2.92. The Labute approximate surface area is 77.0 Å².